The van der Waals surface area contributed by atoms with Gasteiger partial charge in [-0.05, 0) is 31.2 Å². The van der Waals surface area contributed by atoms with Gasteiger partial charge in [0.05, 0.1) is 30.0 Å². The van der Waals surface area contributed by atoms with Gasteiger partial charge >= 0.3 is 0 Å². The minimum absolute atomic E-state index is 0.521. The van der Waals surface area contributed by atoms with Crippen LogP contribution in [0.1, 0.15) is 16.8 Å². The lowest BCUT2D eigenvalue weighted by atomic mass is 10.1. The molecule has 0 radical (unpaired) electrons. The Balaban J connectivity index is 1.44. The number of hydrogen-bond donors (Lipinski definition) is 2. The topological polar surface area (TPSA) is 83.1 Å². The summed E-state index contributed by atoms with van der Waals surface area (Å²) in [5.41, 5.74) is 2.98. The summed E-state index contributed by atoms with van der Waals surface area (Å²) in [6.45, 7) is 5.47. The molecule has 31 heavy (non-hydrogen) atoms. The lowest BCUT2D eigenvalue weighted by Crippen LogP contribution is -2.37. The number of anilines is 1. The van der Waals surface area contributed by atoms with Gasteiger partial charge in [-0.15, -0.1) is 0 Å². The summed E-state index contributed by atoms with van der Waals surface area (Å²) in [4.78, 5) is 27.2. The van der Waals surface area contributed by atoms with Crippen LogP contribution in [-0.4, -0.2) is 65.5 Å². The number of para-hydroxylation sites is 2. The highest BCUT2D eigenvalue weighted by Crippen LogP contribution is 2.30. The molecule has 2 N–H and O–H groups in total. The normalized spacial score (nSPS) is 14.8. The number of H-pyrrole nitrogens is 1. The van der Waals surface area contributed by atoms with Crippen LogP contribution in [0.15, 0.2) is 48.5 Å². The Labute approximate surface area is 180 Å². The fourth-order valence-corrected chi connectivity index (χ4v) is 4.12. The quantitative estimate of drug-likeness (QED) is 0.354. The highest BCUT2D eigenvalue weighted by Gasteiger charge is 2.17. The molecular formula is C24H25N5O2. The maximum Gasteiger partial charge on any atom is 0.179 e. The van der Waals surface area contributed by atoms with Crippen molar-refractivity contribution in [2.75, 3.05) is 44.7 Å². The SMILES string of the molecule is O=Cc1c(-c2nc(NCCCN3CCOCC3)c3ccccc3n2)[nH]c2ccccc12. The van der Waals surface area contributed by atoms with E-state index in [1.807, 2.05) is 48.5 Å². The largest absolute Gasteiger partial charge is 0.379 e. The fourth-order valence-electron chi connectivity index (χ4n) is 4.12. The number of nitrogens with zero attached hydrogens (tertiary/aromatic N) is 3. The second-order valence-electron chi connectivity index (χ2n) is 7.72. The van der Waals surface area contributed by atoms with Gasteiger partial charge in [-0.2, -0.15) is 0 Å². The Morgan fingerprint density at radius 3 is 2.65 bits per heavy atom. The molecule has 2 aromatic carbocycles. The van der Waals surface area contributed by atoms with Crippen molar-refractivity contribution < 1.29 is 9.53 Å². The van der Waals surface area contributed by atoms with E-state index in [9.17, 15) is 4.79 Å². The number of aromatic amines is 1. The van der Waals surface area contributed by atoms with E-state index < -0.39 is 0 Å². The number of benzene rings is 2. The van der Waals surface area contributed by atoms with Crippen LogP contribution in [0, 0.1) is 0 Å². The number of nitrogens with one attached hydrogen (secondary N) is 2. The molecule has 0 spiro atoms. The van der Waals surface area contributed by atoms with Crippen LogP contribution >= 0.6 is 0 Å². The van der Waals surface area contributed by atoms with Crippen molar-refractivity contribution in [3.63, 3.8) is 0 Å². The first-order chi connectivity index (χ1) is 15.3. The Hall–Kier alpha value is -3.29. The average molecular weight is 415 g/mol. The summed E-state index contributed by atoms with van der Waals surface area (Å²) in [5, 5.41) is 5.35. The number of aromatic nitrogens is 3. The van der Waals surface area contributed by atoms with Crippen LogP contribution in [-0.2, 0) is 4.74 Å². The second kappa shape index (κ2) is 8.83. The van der Waals surface area contributed by atoms with Gasteiger partial charge in [-0.25, -0.2) is 9.97 Å². The third kappa shape index (κ3) is 4.02. The molecule has 5 rings (SSSR count). The van der Waals surface area contributed by atoms with E-state index in [0.29, 0.717) is 17.1 Å². The predicted octanol–water partition coefficient (Wildman–Crippen LogP) is 3.72. The molecule has 0 amide bonds. The zero-order valence-electron chi connectivity index (χ0n) is 17.3. The van der Waals surface area contributed by atoms with Crippen LogP contribution in [0.4, 0.5) is 5.82 Å². The number of aldehydes is 1. The van der Waals surface area contributed by atoms with Crippen LogP contribution in [0.2, 0.25) is 0 Å². The van der Waals surface area contributed by atoms with Crippen molar-refractivity contribution >= 4 is 33.9 Å². The summed E-state index contributed by atoms with van der Waals surface area (Å²) >= 11 is 0. The molecule has 2 aromatic heterocycles. The highest BCUT2D eigenvalue weighted by atomic mass is 16.5. The van der Waals surface area contributed by atoms with Crippen molar-refractivity contribution in [3.8, 4) is 11.5 Å². The molecule has 0 saturated carbocycles. The Morgan fingerprint density at radius 1 is 1.03 bits per heavy atom. The molecule has 1 fully saturated rings. The van der Waals surface area contributed by atoms with Crippen LogP contribution in [0.25, 0.3) is 33.3 Å². The van der Waals surface area contributed by atoms with Crippen molar-refractivity contribution in [2.45, 2.75) is 6.42 Å². The number of rotatable bonds is 7. The molecule has 1 aliphatic heterocycles. The van der Waals surface area contributed by atoms with E-state index >= 15 is 0 Å². The highest BCUT2D eigenvalue weighted by molar-refractivity contribution is 6.04. The van der Waals surface area contributed by atoms with E-state index in [-0.39, 0.29) is 0 Å². The third-order valence-corrected chi connectivity index (χ3v) is 5.74. The summed E-state index contributed by atoms with van der Waals surface area (Å²) in [6.07, 6.45) is 1.89. The molecule has 7 nitrogen and oxygen atoms in total. The minimum atomic E-state index is 0.521. The number of ether oxygens (including phenoxy) is 1. The van der Waals surface area contributed by atoms with Gasteiger partial charge in [0.2, 0.25) is 0 Å². The Kier molecular flexibility index (Phi) is 5.60. The Morgan fingerprint density at radius 2 is 1.81 bits per heavy atom. The first-order valence-electron chi connectivity index (χ1n) is 10.7. The molecule has 3 heterocycles. The van der Waals surface area contributed by atoms with Gasteiger partial charge in [-0.3, -0.25) is 9.69 Å². The smallest absolute Gasteiger partial charge is 0.179 e. The van der Waals surface area contributed by atoms with Crippen LogP contribution in [0.5, 0.6) is 0 Å². The van der Waals surface area contributed by atoms with E-state index in [4.69, 9.17) is 14.7 Å². The van der Waals surface area contributed by atoms with E-state index in [1.54, 1.807) is 0 Å². The van der Waals surface area contributed by atoms with Crippen LogP contribution < -0.4 is 5.32 Å². The molecule has 0 bridgehead atoms. The number of morpholine rings is 1. The van der Waals surface area contributed by atoms with Gasteiger partial charge in [0.25, 0.3) is 0 Å². The lowest BCUT2D eigenvalue weighted by Gasteiger charge is -2.26. The molecule has 7 heteroatoms. The van der Waals surface area contributed by atoms with Gasteiger partial charge in [0.15, 0.2) is 12.1 Å². The average Bonchev–Trinajstić information content (AvgIpc) is 3.21. The number of carbonyl (C=O) groups is 1. The maximum absolute atomic E-state index is 11.9. The third-order valence-electron chi connectivity index (χ3n) is 5.74. The summed E-state index contributed by atoms with van der Waals surface area (Å²) < 4.78 is 5.42. The fraction of sp³-hybridized carbons (Fsp3) is 0.292. The van der Waals surface area contributed by atoms with Crippen molar-refractivity contribution in [3.05, 3.63) is 54.1 Å². The van der Waals surface area contributed by atoms with Crippen molar-refractivity contribution in [2.24, 2.45) is 0 Å². The van der Waals surface area contributed by atoms with E-state index in [1.165, 1.54) is 0 Å². The first kappa shape index (κ1) is 19.7. The van der Waals surface area contributed by atoms with Gasteiger partial charge in [0.1, 0.15) is 5.82 Å². The summed E-state index contributed by atoms with van der Waals surface area (Å²) in [6, 6.07) is 15.7. The second-order valence-corrected chi connectivity index (χ2v) is 7.72. The first-order valence-corrected chi connectivity index (χ1v) is 10.7. The molecule has 1 aliphatic rings. The van der Waals surface area contributed by atoms with Crippen LogP contribution in [0.3, 0.4) is 0 Å². The van der Waals surface area contributed by atoms with E-state index in [0.717, 1.165) is 79.7 Å². The summed E-state index contributed by atoms with van der Waals surface area (Å²) in [5.74, 6) is 1.31. The standard InChI is InChI=1S/C24H25N5O2/c30-16-19-17-6-1-3-8-20(17)26-22(19)24-27-21-9-4-2-7-18(21)23(28-24)25-10-5-11-29-12-14-31-15-13-29/h1-4,6-9,16,26H,5,10-15H2,(H,25,27,28). The zero-order valence-corrected chi connectivity index (χ0v) is 17.3. The van der Waals surface area contributed by atoms with Crippen molar-refractivity contribution in [1.82, 2.24) is 19.9 Å². The molecular weight excluding hydrogens is 390 g/mol. The summed E-state index contributed by atoms with van der Waals surface area (Å²) in [7, 11) is 0. The molecule has 0 aliphatic carbocycles. The van der Waals surface area contributed by atoms with E-state index in [2.05, 4.69) is 15.2 Å². The molecule has 1 saturated heterocycles. The van der Waals surface area contributed by atoms with Crippen molar-refractivity contribution in [1.29, 1.82) is 0 Å². The maximum atomic E-state index is 11.9. The monoisotopic (exact) mass is 415 g/mol. The predicted molar refractivity (Wildman–Crippen MR) is 123 cm³/mol. The number of hydrogen-bond acceptors (Lipinski definition) is 6. The van der Waals surface area contributed by atoms with Gasteiger partial charge < -0.3 is 15.0 Å². The Bertz CT molecular complexity index is 1210. The zero-order chi connectivity index (χ0) is 21.0. The molecule has 0 unspecified atom stereocenters. The molecule has 4 aromatic rings. The molecule has 158 valence electrons. The number of fused-ring (bicyclic) bond motifs is 2. The molecule has 0 atom stereocenters. The lowest BCUT2D eigenvalue weighted by molar-refractivity contribution is 0.0378. The number of carbonyl (C=O) groups excluding carboxylic acids is 1. The van der Waals surface area contributed by atoms with Gasteiger partial charge in [0, 0.05) is 35.9 Å². The van der Waals surface area contributed by atoms with Gasteiger partial charge in [-0.1, -0.05) is 30.3 Å². The minimum Gasteiger partial charge on any atom is -0.379 e.